The van der Waals surface area contributed by atoms with Crippen molar-refractivity contribution in [2.75, 3.05) is 5.75 Å². The molecule has 0 amide bonds. The van der Waals surface area contributed by atoms with E-state index in [1.54, 1.807) is 12.5 Å². The number of rotatable bonds is 5. The third kappa shape index (κ3) is 2.98. The Balaban J connectivity index is 1.87. The zero-order chi connectivity index (χ0) is 10.7. The Kier molecular flexibility index (Phi) is 2.98. The molecule has 1 atom stereocenters. The number of nitrogens with zero attached hydrogens (tertiary/aromatic N) is 2. The number of oxazole rings is 1. The van der Waals surface area contributed by atoms with Gasteiger partial charge in [-0.3, -0.25) is 5.32 Å². The Morgan fingerprint density at radius 3 is 3.13 bits per heavy atom. The minimum absolute atomic E-state index is 0.486. The first-order valence-corrected chi connectivity index (χ1v) is 5.92. The highest BCUT2D eigenvalue weighted by Gasteiger charge is 2.32. The SMILES string of the molecule is CC(C#N)(CSc1ncco1)NC1CC1. The molecule has 5 heteroatoms. The number of hydrogen-bond donors (Lipinski definition) is 1. The van der Waals surface area contributed by atoms with Crippen molar-refractivity contribution in [1.29, 1.82) is 5.26 Å². The van der Waals surface area contributed by atoms with E-state index in [0.717, 1.165) is 0 Å². The Morgan fingerprint density at radius 1 is 1.80 bits per heavy atom. The van der Waals surface area contributed by atoms with Crippen molar-refractivity contribution in [1.82, 2.24) is 10.3 Å². The summed E-state index contributed by atoms with van der Waals surface area (Å²) in [6, 6.07) is 2.84. The van der Waals surface area contributed by atoms with Crippen LogP contribution in [0.4, 0.5) is 0 Å². The van der Waals surface area contributed by atoms with E-state index >= 15 is 0 Å². The van der Waals surface area contributed by atoms with E-state index in [0.29, 0.717) is 17.0 Å². The fourth-order valence-electron chi connectivity index (χ4n) is 1.27. The van der Waals surface area contributed by atoms with Crippen molar-refractivity contribution < 1.29 is 4.42 Å². The highest BCUT2D eigenvalue weighted by atomic mass is 32.2. The van der Waals surface area contributed by atoms with E-state index in [9.17, 15) is 0 Å². The zero-order valence-corrected chi connectivity index (χ0v) is 9.38. The van der Waals surface area contributed by atoms with Gasteiger partial charge in [-0.05, 0) is 19.8 Å². The lowest BCUT2D eigenvalue weighted by Gasteiger charge is -2.21. The highest BCUT2D eigenvalue weighted by molar-refractivity contribution is 7.99. The molecule has 15 heavy (non-hydrogen) atoms. The predicted octanol–water partition coefficient (Wildman–Crippen LogP) is 1.80. The summed E-state index contributed by atoms with van der Waals surface area (Å²) in [6.45, 7) is 1.92. The number of nitriles is 1. The van der Waals surface area contributed by atoms with Crippen molar-refractivity contribution in [2.24, 2.45) is 0 Å². The van der Waals surface area contributed by atoms with Crippen LogP contribution in [0.25, 0.3) is 0 Å². The summed E-state index contributed by atoms with van der Waals surface area (Å²) in [5, 5.41) is 13.1. The number of aromatic nitrogens is 1. The molecule has 1 heterocycles. The van der Waals surface area contributed by atoms with Crippen molar-refractivity contribution in [3.05, 3.63) is 12.5 Å². The average molecular weight is 223 g/mol. The molecule has 0 spiro atoms. The second kappa shape index (κ2) is 4.25. The van der Waals surface area contributed by atoms with Crippen molar-refractivity contribution in [3.63, 3.8) is 0 Å². The first-order valence-electron chi connectivity index (χ1n) is 4.93. The Labute approximate surface area is 93.1 Å². The molecule has 1 aliphatic carbocycles. The maximum absolute atomic E-state index is 9.11. The summed E-state index contributed by atoms with van der Waals surface area (Å²) < 4.78 is 5.11. The van der Waals surface area contributed by atoms with E-state index in [1.165, 1.54) is 24.6 Å². The molecule has 1 unspecified atom stereocenters. The summed E-state index contributed by atoms with van der Waals surface area (Å²) in [5.74, 6) is 0.653. The van der Waals surface area contributed by atoms with Gasteiger partial charge in [-0.2, -0.15) is 5.26 Å². The van der Waals surface area contributed by atoms with E-state index in [-0.39, 0.29) is 0 Å². The minimum Gasteiger partial charge on any atom is -0.440 e. The molecule has 1 fully saturated rings. The monoisotopic (exact) mass is 223 g/mol. The second-order valence-electron chi connectivity index (χ2n) is 3.95. The molecule has 1 saturated carbocycles. The summed E-state index contributed by atoms with van der Waals surface area (Å²) >= 11 is 1.47. The molecule has 0 radical (unpaired) electrons. The lowest BCUT2D eigenvalue weighted by Crippen LogP contribution is -2.44. The van der Waals surface area contributed by atoms with Gasteiger partial charge in [0, 0.05) is 11.8 Å². The third-order valence-electron chi connectivity index (χ3n) is 2.24. The van der Waals surface area contributed by atoms with E-state index in [1.807, 2.05) is 6.92 Å². The number of thioether (sulfide) groups is 1. The molecule has 0 saturated heterocycles. The zero-order valence-electron chi connectivity index (χ0n) is 8.56. The Hall–Kier alpha value is -0.990. The molecule has 0 aliphatic heterocycles. The van der Waals surface area contributed by atoms with Crippen LogP contribution < -0.4 is 5.32 Å². The molecule has 80 valence electrons. The molecular weight excluding hydrogens is 210 g/mol. The summed E-state index contributed by atoms with van der Waals surface area (Å²) in [5.41, 5.74) is -0.486. The molecule has 2 rings (SSSR count). The van der Waals surface area contributed by atoms with Gasteiger partial charge in [0.2, 0.25) is 0 Å². The Bertz CT molecular complexity index is 355. The Morgan fingerprint density at radius 2 is 2.60 bits per heavy atom. The van der Waals surface area contributed by atoms with Crippen LogP contribution in [-0.4, -0.2) is 22.3 Å². The maximum atomic E-state index is 9.11. The van der Waals surface area contributed by atoms with Gasteiger partial charge < -0.3 is 4.42 Å². The maximum Gasteiger partial charge on any atom is 0.255 e. The van der Waals surface area contributed by atoms with Crippen LogP contribution in [0.2, 0.25) is 0 Å². The lowest BCUT2D eigenvalue weighted by molar-refractivity contribution is 0.449. The lowest BCUT2D eigenvalue weighted by atomic mass is 10.1. The molecule has 1 N–H and O–H groups in total. The van der Waals surface area contributed by atoms with Crippen LogP contribution in [0.15, 0.2) is 22.1 Å². The van der Waals surface area contributed by atoms with E-state index in [4.69, 9.17) is 9.68 Å². The van der Waals surface area contributed by atoms with Crippen molar-refractivity contribution >= 4 is 11.8 Å². The minimum atomic E-state index is -0.486. The smallest absolute Gasteiger partial charge is 0.255 e. The fourth-order valence-corrected chi connectivity index (χ4v) is 2.09. The molecule has 1 aliphatic rings. The van der Waals surface area contributed by atoms with E-state index in [2.05, 4.69) is 16.4 Å². The largest absolute Gasteiger partial charge is 0.440 e. The fraction of sp³-hybridized carbons (Fsp3) is 0.600. The van der Waals surface area contributed by atoms with Crippen LogP contribution in [0, 0.1) is 11.3 Å². The van der Waals surface area contributed by atoms with Crippen molar-refractivity contribution in [3.8, 4) is 6.07 Å². The molecular formula is C10H13N3OS. The van der Waals surface area contributed by atoms with Gasteiger partial charge in [0.25, 0.3) is 5.22 Å². The van der Waals surface area contributed by atoms with Crippen LogP contribution >= 0.6 is 11.8 Å². The second-order valence-corrected chi connectivity index (χ2v) is 4.88. The first kappa shape index (κ1) is 10.5. The van der Waals surface area contributed by atoms with Gasteiger partial charge in [0.15, 0.2) is 0 Å². The average Bonchev–Trinajstić information content (AvgIpc) is 2.88. The van der Waals surface area contributed by atoms with E-state index < -0.39 is 5.54 Å². The standard InChI is InChI=1S/C10H13N3OS/c1-10(6-11,13-8-2-3-8)7-15-9-12-4-5-14-9/h4-5,8,13H,2-3,7H2,1H3. The summed E-state index contributed by atoms with van der Waals surface area (Å²) in [6.07, 6.45) is 5.52. The summed E-state index contributed by atoms with van der Waals surface area (Å²) in [4.78, 5) is 4.01. The van der Waals surface area contributed by atoms with Crippen LogP contribution in [-0.2, 0) is 0 Å². The normalized spacial score (nSPS) is 19.5. The van der Waals surface area contributed by atoms with Gasteiger partial charge in [0.1, 0.15) is 11.8 Å². The van der Waals surface area contributed by atoms with Crippen LogP contribution in [0.5, 0.6) is 0 Å². The quantitative estimate of drug-likeness (QED) is 0.771. The highest BCUT2D eigenvalue weighted by Crippen LogP contribution is 2.26. The van der Waals surface area contributed by atoms with Crippen molar-refractivity contribution in [2.45, 2.75) is 36.6 Å². The molecule has 4 nitrogen and oxygen atoms in total. The summed E-state index contributed by atoms with van der Waals surface area (Å²) in [7, 11) is 0. The topological polar surface area (TPSA) is 61.9 Å². The van der Waals surface area contributed by atoms with Gasteiger partial charge in [-0.1, -0.05) is 11.8 Å². The van der Waals surface area contributed by atoms with Crippen LogP contribution in [0.1, 0.15) is 19.8 Å². The van der Waals surface area contributed by atoms with Gasteiger partial charge in [-0.15, -0.1) is 0 Å². The first-order chi connectivity index (χ1) is 7.22. The molecule has 0 aromatic carbocycles. The molecule has 1 aromatic rings. The van der Waals surface area contributed by atoms with Gasteiger partial charge in [0.05, 0.1) is 12.3 Å². The number of hydrogen-bond acceptors (Lipinski definition) is 5. The van der Waals surface area contributed by atoms with Gasteiger partial charge in [-0.25, -0.2) is 4.98 Å². The van der Waals surface area contributed by atoms with Gasteiger partial charge >= 0.3 is 0 Å². The third-order valence-corrected chi connectivity index (χ3v) is 3.41. The molecule has 0 bridgehead atoms. The van der Waals surface area contributed by atoms with Crippen LogP contribution in [0.3, 0.4) is 0 Å². The predicted molar refractivity (Wildman–Crippen MR) is 57.4 cm³/mol. The molecule has 1 aromatic heterocycles. The number of nitrogens with one attached hydrogen (secondary N) is 1.